The molecule has 0 bridgehead atoms. The Kier molecular flexibility index (Phi) is 6.34. The fraction of sp³-hybridized carbons (Fsp3) is 0.500. The molecule has 0 saturated carbocycles. The lowest BCUT2D eigenvalue weighted by Gasteiger charge is -2.33. The molecule has 2 unspecified atom stereocenters. The van der Waals surface area contributed by atoms with E-state index in [1.165, 1.54) is 6.42 Å². The molecule has 3 rings (SSSR count). The summed E-state index contributed by atoms with van der Waals surface area (Å²) >= 11 is 0. The van der Waals surface area contributed by atoms with Gasteiger partial charge in [0.05, 0.1) is 17.5 Å². The van der Waals surface area contributed by atoms with Gasteiger partial charge in [-0.15, -0.1) is 0 Å². The summed E-state index contributed by atoms with van der Waals surface area (Å²) in [4.78, 5) is 14.1. The predicted octanol–water partition coefficient (Wildman–Crippen LogP) is 3.75. The summed E-state index contributed by atoms with van der Waals surface area (Å²) in [6.45, 7) is 7.68. The highest BCUT2D eigenvalue weighted by atomic mass is 16.5. The minimum Gasteiger partial charge on any atom is -0.376 e. The molecule has 5 heteroatoms. The first-order valence-corrected chi connectivity index (χ1v) is 9.86. The van der Waals surface area contributed by atoms with Crippen LogP contribution < -0.4 is 16.0 Å². The van der Waals surface area contributed by atoms with Gasteiger partial charge in [0.1, 0.15) is 6.17 Å². The number of Topliss-reactive ketones (excluding diaryl/α,β-unsaturated/α-hetero) is 1. The summed E-state index contributed by atoms with van der Waals surface area (Å²) in [7, 11) is 0. The number of carbonyl (C=O) groups excluding carboxylic acids is 1. The number of allylic oxidation sites excluding steroid dienone is 2. The molecule has 0 aliphatic carbocycles. The van der Waals surface area contributed by atoms with E-state index >= 15 is 0 Å². The van der Waals surface area contributed by atoms with Crippen LogP contribution in [-0.4, -0.2) is 31.2 Å². The highest BCUT2D eigenvalue weighted by molar-refractivity contribution is 5.93. The standard InChI is InChI=1S/C22H31N3O2/c1-4-18(11-15(2)16(3)26)22-24-20-9-8-17(13-23)12-21(20)25(22)14-19-7-5-6-10-27-19/h4,8-9,11-12,19,22,24H,5-7,10,13-14,23H2,1-3H3/b15-11-,18-4+. The van der Waals surface area contributed by atoms with Crippen LogP contribution in [0.5, 0.6) is 0 Å². The van der Waals surface area contributed by atoms with Gasteiger partial charge in [-0.3, -0.25) is 4.79 Å². The van der Waals surface area contributed by atoms with Crippen LogP contribution in [0.15, 0.2) is 41.5 Å². The first kappa shape index (κ1) is 19.6. The maximum Gasteiger partial charge on any atom is 0.155 e. The Bertz CT molecular complexity index is 748. The second-order valence-corrected chi connectivity index (χ2v) is 7.42. The lowest BCUT2D eigenvalue weighted by atomic mass is 10.0. The maximum absolute atomic E-state index is 11.7. The minimum absolute atomic E-state index is 0.0159. The Balaban J connectivity index is 1.93. The van der Waals surface area contributed by atoms with Gasteiger partial charge < -0.3 is 20.7 Å². The fourth-order valence-corrected chi connectivity index (χ4v) is 3.74. The lowest BCUT2D eigenvalue weighted by Crippen LogP contribution is -2.43. The first-order valence-electron chi connectivity index (χ1n) is 9.86. The van der Waals surface area contributed by atoms with Crippen LogP contribution in [0, 0.1) is 0 Å². The third-order valence-electron chi connectivity index (χ3n) is 5.47. The molecule has 0 amide bonds. The van der Waals surface area contributed by atoms with Crippen molar-refractivity contribution in [1.82, 2.24) is 0 Å². The Morgan fingerprint density at radius 1 is 1.37 bits per heavy atom. The van der Waals surface area contributed by atoms with Gasteiger partial charge in [0.15, 0.2) is 5.78 Å². The monoisotopic (exact) mass is 369 g/mol. The molecule has 1 aromatic rings. The van der Waals surface area contributed by atoms with Crippen molar-refractivity contribution in [2.24, 2.45) is 5.73 Å². The van der Waals surface area contributed by atoms with Gasteiger partial charge in [-0.1, -0.05) is 12.1 Å². The summed E-state index contributed by atoms with van der Waals surface area (Å²) in [6, 6.07) is 6.33. The number of ketones is 1. The number of rotatable bonds is 6. The molecule has 2 atom stereocenters. The Hall–Kier alpha value is -2.11. The van der Waals surface area contributed by atoms with Crippen molar-refractivity contribution >= 4 is 17.2 Å². The second-order valence-electron chi connectivity index (χ2n) is 7.42. The Labute approximate surface area is 162 Å². The van der Waals surface area contributed by atoms with Crippen LogP contribution in [0.4, 0.5) is 11.4 Å². The summed E-state index contributed by atoms with van der Waals surface area (Å²) in [5.41, 5.74) is 11.1. The summed E-state index contributed by atoms with van der Waals surface area (Å²) in [5.74, 6) is 0.0949. The average molecular weight is 370 g/mol. The van der Waals surface area contributed by atoms with Crippen LogP contribution in [0.25, 0.3) is 0 Å². The van der Waals surface area contributed by atoms with Crippen LogP contribution in [0.3, 0.4) is 0 Å². The highest BCUT2D eigenvalue weighted by Crippen LogP contribution is 2.38. The van der Waals surface area contributed by atoms with E-state index in [0.29, 0.717) is 6.54 Å². The van der Waals surface area contributed by atoms with Gasteiger partial charge in [-0.2, -0.15) is 0 Å². The molecule has 146 valence electrons. The van der Waals surface area contributed by atoms with Gasteiger partial charge in [-0.25, -0.2) is 0 Å². The van der Waals surface area contributed by atoms with E-state index < -0.39 is 0 Å². The van der Waals surface area contributed by atoms with E-state index in [0.717, 1.165) is 54.1 Å². The molecule has 0 aromatic heterocycles. The van der Waals surface area contributed by atoms with Gasteiger partial charge >= 0.3 is 0 Å². The number of fused-ring (bicyclic) bond motifs is 1. The molecular formula is C22H31N3O2. The smallest absolute Gasteiger partial charge is 0.155 e. The Morgan fingerprint density at radius 2 is 2.19 bits per heavy atom. The van der Waals surface area contributed by atoms with Crippen molar-refractivity contribution in [3.8, 4) is 0 Å². The third kappa shape index (κ3) is 4.42. The van der Waals surface area contributed by atoms with Gasteiger partial charge in [0.25, 0.3) is 0 Å². The van der Waals surface area contributed by atoms with E-state index in [4.69, 9.17) is 10.5 Å². The SMILES string of the molecule is C/C=C(\C=C(\C)C(C)=O)C1Nc2ccc(CN)cc2N1CC1CCCCO1. The zero-order valence-electron chi connectivity index (χ0n) is 16.6. The van der Waals surface area contributed by atoms with Crippen molar-refractivity contribution < 1.29 is 9.53 Å². The van der Waals surface area contributed by atoms with E-state index in [9.17, 15) is 4.79 Å². The Morgan fingerprint density at radius 3 is 2.81 bits per heavy atom. The summed E-state index contributed by atoms with van der Waals surface area (Å²) in [6.07, 6.45) is 7.73. The summed E-state index contributed by atoms with van der Waals surface area (Å²) < 4.78 is 6.01. The molecular weight excluding hydrogens is 338 g/mol. The zero-order valence-corrected chi connectivity index (χ0v) is 16.6. The number of nitrogens with one attached hydrogen (secondary N) is 1. The molecule has 2 aliphatic rings. The molecule has 2 heterocycles. The number of carbonyl (C=O) groups is 1. The number of nitrogens with two attached hydrogens (primary N) is 1. The van der Waals surface area contributed by atoms with Crippen LogP contribution in [0.2, 0.25) is 0 Å². The van der Waals surface area contributed by atoms with Crippen molar-refractivity contribution in [3.05, 3.63) is 47.1 Å². The third-order valence-corrected chi connectivity index (χ3v) is 5.47. The van der Waals surface area contributed by atoms with E-state index in [2.05, 4.69) is 34.5 Å². The maximum atomic E-state index is 11.7. The quantitative estimate of drug-likeness (QED) is 0.590. The number of ether oxygens (including phenoxy) is 1. The topological polar surface area (TPSA) is 67.6 Å². The molecule has 2 aliphatic heterocycles. The molecule has 3 N–H and O–H groups in total. The van der Waals surface area contributed by atoms with Crippen LogP contribution in [0.1, 0.15) is 45.6 Å². The number of hydrogen-bond donors (Lipinski definition) is 2. The number of benzene rings is 1. The second kappa shape index (κ2) is 8.72. The number of nitrogens with zero attached hydrogens (tertiary/aromatic N) is 1. The molecule has 1 aromatic carbocycles. The largest absolute Gasteiger partial charge is 0.376 e. The minimum atomic E-state index is -0.0159. The number of anilines is 2. The molecule has 1 saturated heterocycles. The molecule has 1 fully saturated rings. The van der Waals surface area contributed by atoms with Gasteiger partial charge in [0, 0.05) is 19.7 Å². The lowest BCUT2D eigenvalue weighted by molar-refractivity contribution is -0.113. The van der Waals surface area contributed by atoms with Gasteiger partial charge in [0.2, 0.25) is 0 Å². The molecule has 0 radical (unpaired) electrons. The normalized spacial score (nSPS) is 23.2. The average Bonchev–Trinajstić information content (AvgIpc) is 3.04. The van der Waals surface area contributed by atoms with E-state index in [1.54, 1.807) is 6.92 Å². The molecule has 5 nitrogen and oxygen atoms in total. The summed E-state index contributed by atoms with van der Waals surface area (Å²) in [5, 5.41) is 3.63. The predicted molar refractivity (Wildman–Crippen MR) is 111 cm³/mol. The van der Waals surface area contributed by atoms with E-state index in [1.807, 2.05) is 19.9 Å². The first-order chi connectivity index (χ1) is 13.0. The molecule has 27 heavy (non-hydrogen) atoms. The molecule has 0 spiro atoms. The van der Waals surface area contributed by atoms with E-state index in [-0.39, 0.29) is 18.1 Å². The van der Waals surface area contributed by atoms with Gasteiger partial charge in [-0.05, 0) is 75.0 Å². The van der Waals surface area contributed by atoms with Crippen LogP contribution in [-0.2, 0) is 16.1 Å². The van der Waals surface area contributed by atoms with Crippen molar-refractivity contribution in [1.29, 1.82) is 0 Å². The number of hydrogen-bond acceptors (Lipinski definition) is 5. The zero-order chi connectivity index (χ0) is 19.4. The van der Waals surface area contributed by atoms with Crippen molar-refractivity contribution in [3.63, 3.8) is 0 Å². The highest BCUT2D eigenvalue weighted by Gasteiger charge is 2.33. The fourth-order valence-electron chi connectivity index (χ4n) is 3.74. The van der Waals surface area contributed by atoms with Crippen LogP contribution >= 0.6 is 0 Å². The van der Waals surface area contributed by atoms with Crippen molar-refractivity contribution in [2.75, 3.05) is 23.4 Å². The van der Waals surface area contributed by atoms with Crippen molar-refractivity contribution in [2.45, 2.75) is 58.8 Å².